The number of aromatic nitrogens is 2. The Balaban J connectivity index is 2.06. The molecule has 4 nitrogen and oxygen atoms in total. The van der Waals surface area contributed by atoms with Crippen molar-refractivity contribution in [3.63, 3.8) is 0 Å². The van der Waals surface area contributed by atoms with Crippen LogP contribution in [0.3, 0.4) is 0 Å². The van der Waals surface area contributed by atoms with Crippen LogP contribution >= 0.6 is 15.9 Å². The third kappa shape index (κ3) is 2.90. The molecule has 0 N–H and O–H groups in total. The summed E-state index contributed by atoms with van der Waals surface area (Å²) in [5.41, 5.74) is 2.29. The molecule has 5 heteroatoms. The Bertz CT molecular complexity index is 529. The molecule has 0 spiro atoms. The van der Waals surface area contributed by atoms with Gasteiger partial charge in [-0.25, -0.2) is 0 Å². The standard InChI is InChI=1S/C13H15BrN2O2/c1-4-11-15-12(18-16-11)7-17-10-5-8(2)13(14)9(3)6-10/h5-6H,4,7H2,1-3H3. The first-order chi connectivity index (χ1) is 8.60. The van der Waals surface area contributed by atoms with Gasteiger partial charge in [0.05, 0.1) is 0 Å². The number of hydrogen-bond acceptors (Lipinski definition) is 4. The third-order valence-corrected chi connectivity index (χ3v) is 3.85. The Morgan fingerprint density at radius 3 is 2.50 bits per heavy atom. The average Bonchev–Trinajstić information content (AvgIpc) is 2.81. The van der Waals surface area contributed by atoms with Crippen LogP contribution in [0.2, 0.25) is 0 Å². The van der Waals surface area contributed by atoms with Crippen LogP contribution < -0.4 is 4.74 Å². The van der Waals surface area contributed by atoms with Gasteiger partial charge in [-0.2, -0.15) is 4.98 Å². The van der Waals surface area contributed by atoms with Crippen LogP contribution in [0.25, 0.3) is 0 Å². The van der Waals surface area contributed by atoms with Gasteiger partial charge in [-0.05, 0) is 37.1 Å². The number of rotatable bonds is 4. The van der Waals surface area contributed by atoms with E-state index >= 15 is 0 Å². The molecule has 0 saturated carbocycles. The molecule has 1 aromatic heterocycles. The second-order valence-corrected chi connectivity index (χ2v) is 4.91. The van der Waals surface area contributed by atoms with Gasteiger partial charge in [0.25, 0.3) is 5.89 Å². The Kier molecular flexibility index (Phi) is 4.01. The van der Waals surface area contributed by atoms with Crippen LogP contribution in [-0.4, -0.2) is 10.1 Å². The first-order valence-corrected chi connectivity index (χ1v) is 6.60. The summed E-state index contributed by atoms with van der Waals surface area (Å²) in [4.78, 5) is 4.19. The van der Waals surface area contributed by atoms with Gasteiger partial charge in [0.2, 0.25) is 0 Å². The van der Waals surface area contributed by atoms with E-state index in [0.717, 1.165) is 27.8 Å². The van der Waals surface area contributed by atoms with Gasteiger partial charge >= 0.3 is 0 Å². The molecule has 0 amide bonds. The summed E-state index contributed by atoms with van der Waals surface area (Å²) in [5.74, 6) is 2.02. The van der Waals surface area contributed by atoms with Crippen molar-refractivity contribution in [1.29, 1.82) is 0 Å². The van der Waals surface area contributed by atoms with E-state index in [1.54, 1.807) is 0 Å². The molecule has 2 rings (SSSR count). The maximum absolute atomic E-state index is 5.65. The van der Waals surface area contributed by atoms with E-state index < -0.39 is 0 Å². The maximum Gasteiger partial charge on any atom is 0.264 e. The second-order valence-electron chi connectivity index (χ2n) is 4.12. The smallest absolute Gasteiger partial charge is 0.264 e. The SMILES string of the molecule is CCc1noc(COc2cc(C)c(Br)c(C)c2)n1. The molecule has 0 aliphatic heterocycles. The van der Waals surface area contributed by atoms with Crippen LogP contribution in [0.15, 0.2) is 21.1 Å². The van der Waals surface area contributed by atoms with E-state index in [4.69, 9.17) is 9.26 Å². The highest BCUT2D eigenvalue weighted by atomic mass is 79.9. The fourth-order valence-corrected chi connectivity index (χ4v) is 1.86. The zero-order valence-corrected chi connectivity index (χ0v) is 12.2. The molecular formula is C13H15BrN2O2. The predicted molar refractivity (Wildman–Crippen MR) is 71.6 cm³/mol. The van der Waals surface area contributed by atoms with Crippen LogP contribution in [0.1, 0.15) is 29.8 Å². The van der Waals surface area contributed by atoms with E-state index in [9.17, 15) is 0 Å². The van der Waals surface area contributed by atoms with Crippen molar-refractivity contribution in [3.8, 4) is 5.75 Å². The van der Waals surface area contributed by atoms with Gasteiger partial charge in [0.1, 0.15) is 5.75 Å². The molecule has 2 aromatic rings. The first kappa shape index (κ1) is 13.1. The molecule has 1 aromatic carbocycles. The van der Waals surface area contributed by atoms with E-state index in [1.807, 2.05) is 32.9 Å². The minimum Gasteiger partial charge on any atom is -0.484 e. The molecule has 1 heterocycles. The topological polar surface area (TPSA) is 48.2 Å². The molecule has 0 saturated heterocycles. The fourth-order valence-electron chi connectivity index (χ4n) is 1.63. The lowest BCUT2D eigenvalue weighted by atomic mass is 10.1. The van der Waals surface area contributed by atoms with Crippen LogP contribution in [0, 0.1) is 13.8 Å². The molecule has 0 fully saturated rings. The van der Waals surface area contributed by atoms with Gasteiger partial charge in [0.15, 0.2) is 12.4 Å². The van der Waals surface area contributed by atoms with Crippen molar-refractivity contribution in [2.24, 2.45) is 0 Å². The lowest BCUT2D eigenvalue weighted by molar-refractivity contribution is 0.242. The van der Waals surface area contributed by atoms with Gasteiger partial charge in [-0.1, -0.05) is 28.0 Å². The number of halogens is 1. The summed E-state index contributed by atoms with van der Waals surface area (Å²) in [5, 5.41) is 3.82. The minimum atomic E-state index is 0.299. The molecule has 0 atom stereocenters. The van der Waals surface area contributed by atoms with Crippen LogP contribution in [0.5, 0.6) is 5.75 Å². The summed E-state index contributed by atoms with van der Waals surface area (Å²) in [6, 6.07) is 3.96. The second kappa shape index (κ2) is 5.52. The molecule has 0 radical (unpaired) electrons. The molecular weight excluding hydrogens is 296 g/mol. The van der Waals surface area contributed by atoms with Crippen molar-refractivity contribution in [2.45, 2.75) is 33.8 Å². The van der Waals surface area contributed by atoms with Crippen molar-refractivity contribution in [1.82, 2.24) is 10.1 Å². The van der Waals surface area contributed by atoms with Gasteiger partial charge in [0, 0.05) is 10.9 Å². The molecule has 0 unspecified atom stereocenters. The Labute approximate surface area is 114 Å². The highest BCUT2D eigenvalue weighted by Crippen LogP contribution is 2.26. The Morgan fingerprint density at radius 2 is 1.94 bits per heavy atom. The van der Waals surface area contributed by atoms with Gasteiger partial charge < -0.3 is 9.26 Å². The Morgan fingerprint density at radius 1 is 1.28 bits per heavy atom. The summed E-state index contributed by atoms with van der Waals surface area (Å²) in [6.07, 6.45) is 0.764. The number of nitrogens with zero attached hydrogens (tertiary/aromatic N) is 2. The molecule has 96 valence electrons. The maximum atomic E-state index is 5.65. The summed E-state index contributed by atoms with van der Waals surface area (Å²) < 4.78 is 11.8. The zero-order chi connectivity index (χ0) is 13.1. The molecule has 0 aliphatic carbocycles. The monoisotopic (exact) mass is 310 g/mol. The summed E-state index contributed by atoms with van der Waals surface area (Å²) >= 11 is 3.53. The van der Waals surface area contributed by atoms with E-state index in [2.05, 4.69) is 26.1 Å². The van der Waals surface area contributed by atoms with Crippen molar-refractivity contribution >= 4 is 15.9 Å². The normalized spacial score (nSPS) is 10.7. The number of benzene rings is 1. The highest BCUT2D eigenvalue weighted by Gasteiger charge is 2.07. The van der Waals surface area contributed by atoms with Gasteiger partial charge in [-0.3, -0.25) is 0 Å². The van der Waals surface area contributed by atoms with Crippen molar-refractivity contribution < 1.29 is 9.26 Å². The van der Waals surface area contributed by atoms with Gasteiger partial charge in [-0.15, -0.1) is 0 Å². The lowest BCUT2D eigenvalue weighted by Gasteiger charge is -2.08. The molecule has 18 heavy (non-hydrogen) atoms. The zero-order valence-electron chi connectivity index (χ0n) is 10.7. The quantitative estimate of drug-likeness (QED) is 0.866. The average molecular weight is 311 g/mol. The highest BCUT2D eigenvalue weighted by molar-refractivity contribution is 9.10. The summed E-state index contributed by atoms with van der Waals surface area (Å²) in [7, 11) is 0. The van der Waals surface area contributed by atoms with E-state index in [-0.39, 0.29) is 0 Å². The number of hydrogen-bond donors (Lipinski definition) is 0. The minimum absolute atomic E-state index is 0.299. The van der Waals surface area contributed by atoms with Crippen molar-refractivity contribution in [2.75, 3.05) is 0 Å². The first-order valence-electron chi connectivity index (χ1n) is 5.81. The van der Waals surface area contributed by atoms with Crippen LogP contribution in [0.4, 0.5) is 0 Å². The third-order valence-electron chi connectivity index (χ3n) is 2.60. The van der Waals surface area contributed by atoms with Crippen LogP contribution in [-0.2, 0) is 13.0 Å². The predicted octanol–water partition coefficient (Wildman–Crippen LogP) is 3.59. The fraction of sp³-hybridized carbons (Fsp3) is 0.385. The number of aryl methyl sites for hydroxylation is 3. The van der Waals surface area contributed by atoms with E-state index in [1.165, 1.54) is 0 Å². The molecule has 0 aliphatic rings. The number of ether oxygens (including phenoxy) is 1. The summed E-state index contributed by atoms with van der Waals surface area (Å²) in [6.45, 7) is 6.35. The molecule has 0 bridgehead atoms. The van der Waals surface area contributed by atoms with E-state index in [0.29, 0.717) is 18.3 Å². The lowest BCUT2D eigenvalue weighted by Crippen LogP contribution is -1.97. The van der Waals surface area contributed by atoms with Crippen molar-refractivity contribution in [3.05, 3.63) is 39.4 Å². The largest absolute Gasteiger partial charge is 0.484 e. The Hall–Kier alpha value is -1.36.